The highest BCUT2D eigenvalue weighted by Crippen LogP contribution is 2.41. The molecule has 13 heteroatoms. The lowest BCUT2D eigenvalue weighted by molar-refractivity contribution is -0.404. The Hall–Kier alpha value is -3.74. The second kappa shape index (κ2) is 8.10. The van der Waals surface area contributed by atoms with Gasteiger partial charge in [0.15, 0.2) is 0 Å². The van der Waals surface area contributed by atoms with Crippen LogP contribution in [0.5, 0.6) is 5.75 Å². The Kier molecular flexibility index (Phi) is 5.59. The van der Waals surface area contributed by atoms with E-state index in [4.69, 9.17) is 14.7 Å². The van der Waals surface area contributed by atoms with Crippen molar-refractivity contribution in [3.8, 4) is 5.75 Å². The Morgan fingerprint density at radius 2 is 1.62 bits per heavy atom. The van der Waals surface area contributed by atoms with Gasteiger partial charge in [-0.3, -0.25) is 35.2 Å². The molecule has 0 radical (unpaired) electrons. The molecule has 3 aliphatic rings. The van der Waals surface area contributed by atoms with E-state index in [0.29, 0.717) is 24.2 Å². The Balaban J connectivity index is 0.000000168. The van der Waals surface area contributed by atoms with Crippen molar-refractivity contribution in [3.05, 3.63) is 66.9 Å². The molecule has 2 atom stereocenters. The summed E-state index contributed by atoms with van der Waals surface area (Å²) in [6.07, 6.45) is 10.8. The van der Waals surface area contributed by atoms with Gasteiger partial charge >= 0.3 is 11.4 Å². The summed E-state index contributed by atoms with van der Waals surface area (Å²) in [6.45, 7) is 0. The number of rotatable bonds is 3. The van der Waals surface area contributed by atoms with E-state index in [2.05, 4.69) is 0 Å². The summed E-state index contributed by atoms with van der Waals surface area (Å²) >= 11 is 0. The molecule has 2 unspecified atom stereocenters. The molecule has 1 saturated heterocycles. The van der Waals surface area contributed by atoms with E-state index in [1.807, 2.05) is 17.5 Å². The van der Waals surface area contributed by atoms with Gasteiger partial charge in [-0.05, 0) is 12.8 Å². The van der Waals surface area contributed by atoms with Gasteiger partial charge in [0.05, 0.1) is 44.9 Å². The van der Waals surface area contributed by atoms with E-state index in [9.17, 15) is 30.3 Å². The highest BCUT2D eigenvalue weighted by molar-refractivity contribution is 5.64. The fourth-order valence-corrected chi connectivity index (χ4v) is 3.36. The monoisotopic (exact) mass is 408 g/mol. The molecule has 0 amide bonds. The van der Waals surface area contributed by atoms with Crippen LogP contribution in [0.15, 0.2) is 36.6 Å². The zero-order valence-corrected chi connectivity index (χ0v) is 14.9. The third-order valence-corrected chi connectivity index (χ3v) is 4.71. The topological polar surface area (TPSA) is 171 Å². The SMILES string of the molecule is C1=CN2OC3CCCCC3C2=CO1.O=[N+]([O-])c1cc([N+](=O)[O-])c(O)c([N+](=O)[O-])c1. The summed E-state index contributed by atoms with van der Waals surface area (Å²) in [5.74, 6) is -0.640. The molecule has 0 aromatic heterocycles. The van der Waals surface area contributed by atoms with Gasteiger partial charge in [-0.2, -0.15) is 0 Å². The number of phenolic OH excluding ortho intramolecular Hbond substituents is 1. The first-order valence-corrected chi connectivity index (χ1v) is 8.58. The number of ether oxygens (including phenoxy) is 1. The van der Waals surface area contributed by atoms with Crippen molar-refractivity contribution in [2.45, 2.75) is 31.8 Å². The van der Waals surface area contributed by atoms with Gasteiger partial charge in [-0.1, -0.05) is 12.8 Å². The summed E-state index contributed by atoms with van der Waals surface area (Å²) in [5, 5.41) is 42.1. The number of nitro benzene ring substituents is 3. The van der Waals surface area contributed by atoms with Gasteiger partial charge in [0.1, 0.15) is 12.5 Å². The van der Waals surface area contributed by atoms with E-state index in [0.717, 1.165) is 0 Å². The number of fused-ring (bicyclic) bond motifs is 3. The molecule has 2 aliphatic heterocycles. The van der Waals surface area contributed by atoms with Crippen molar-refractivity contribution < 1.29 is 29.5 Å². The molecule has 2 fully saturated rings. The highest BCUT2D eigenvalue weighted by atomic mass is 16.7. The lowest BCUT2D eigenvalue weighted by Crippen LogP contribution is -2.20. The number of aromatic hydroxyl groups is 1. The molecule has 154 valence electrons. The summed E-state index contributed by atoms with van der Waals surface area (Å²) in [5.41, 5.74) is -1.80. The number of non-ortho nitro benzene ring substituents is 1. The Bertz CT molecular complexity index is 879. The van der Waals surface area contributed by atoms with E-state index in [-0.39, 0.29) is 0 Å². The van der Waals surface area contributed by atoms with Crippen molar-refractivity contribution in [2.24, 2.45) is 5.92 Å². The van der Waals surface area contributed by atoms with Crippen LogP contribution in [-0.4, -0.2) is 31.0 Å². The number of hydrogen-bond acceptors (Lipinski definition) is 10. The molecule has 0 bridgehead atoms. The van der Waals surface area contributed by atoms with E-state index in [1.54, 1.807) is 6.26 Å². The highest BCUT2D eigenvalue weighted by Gasteiger charge is 2.40. The summed E-state index contributed by atoms with van der Waals surface area (Å²) in [7, 11) is 0. The Morgan fingerprint density at radius 3 is 2.21 bits per heavy atom. The van der Waals surface area contributed by atoms with Crippen LogP contribution >= 0.6 is 0 Å². The molecule has 29 heavy (non-hydrogen) atoms. The summed E-state index contributed by atoms with van der Waals surface area (Å²) in [6, 6.07) is 0.894. The van der Waals surface area contributed by atoms with Gasteiger partial charge in [-0.25, -0.2) is 5.06 Å². The fraction of sp³-hybridized carbons (Fsp3) is 0.375. The van der Waals surface area contributed by atoms with Crippen LogP contribution in [0.4, 0.5) is 17.1 Å². The van der Waals surface area contributed by atoms with Crippen LogP contribution in [0.25, 0.3) is 0 Å². The lowest BCUT2D eigenvalue weighted by Gasteiger charge is -2.21. The number of hydroxylamine groups is 2. The van der Waals surface area contributed by atoms with Gasteiger partial charge in [0.2, 0.25) is 0 Å². The van der Waals surface area contributed by atoms with Crippen LogP contribution in [-0.2, 0) is 9.57 Å². The van der Waals surface area contributed by atoms with E-state index in [1.165, 1.54) is 31.4 Å². The average Bonchev–Trinajstić information content (AvgIpc) is 3.06. The normalized spacial score (nSPS) is 21.7. The minimum atomic E-state index is -1.21. The molecule has 1 aliphatic carbocycles. The molecule has 4 rings (SSSR count). The Labute approximate surface area is 162 Å². The van der Waals surface area contributed by atoms with Crippen molar-refractivity contribution in [1.82, 2.24) is 5.06 Å². The summed E-state index contributed by atoms with van der Waals surface area (Å²) in [4.78, 5) is 33.5. The molecule has 2 heterocycles. The molecule has 1 aromatic carbocycles. The Morgan fingerprint density at radius 1 is 1.00 bits per heavy atom. The molecular weight excluding hydrogens is 392 g/mol. The van der Waals surface area contributed by atoms with Gasteiger partial charge in [0.25, 0.3) is 11.4 Å². The fourth-order valence-electron chi connectivity index (χ4n) is 3.36. The summed E-state index contributed by atoms with van der Waals surface area (Å²) < 4.78 is 5.17. The van der Waals surface area contributed by atoms with Crippen LogP contribution in [0.1, 0.15) is 25.7 Å². The molecular formula is C16H16N4O9. The molecule has 1 aromatic rings. The first-order valence-electron chi connectivity index (χ1n) is 8.58. The molecule has 1 N–H and O–H groups in total. The first kappa shape index (κ1) is 20.0. The third-order valence-electron chi connectivity index (χ3n) is 4.71. The van der Waals surface area contributed by atoms with Crippen molar-refractivity contribution in [2.75, 3.05) is 0 Å². The molecule has 0 spiro atoms. The van der Waals surface area contributed by atoms with E-state index < -0.39 is 37.6 Å². The van der Waals surface area contributed by atoms with Crippen molar-refractivity contribution in [3.63, 3.8) is 0 Å². The second-order valence-corrected chi connectivity index (χ2v) is 6.43. The largest absolute Gasteiger partial charge is 0.497 e. The maximum absolute atomic E-state index is 10.4. The predicted molar refractivity (Wildman–Crippen MR) is 95.0 cm³/mol. The average molecular weight is 408 g/mol. The van der Waals surface area contributed by atoms with Crippen LogP contribution in [0.3, 0.4) is 0 Å². The first-order chi connectivity index (χ1) is 13.8. The smallest absolute Gasteiger partial charge is 0.324 e. The quantitative estimate of drug-likeness (QED) is 0.578. The maximum atomic E-state index is 10.4. The number of hydrogen-bond donors (Lipinski definition) is 1. The minimum absolute atomic E-state index is 0.395. The zero-order chi connectivity index (χ0) is 21.1. The minimum Gasteiger partial charge on any atom is -0.497 e. The molecule has 1 saturated carbocycles. The number of phenols is 1. The number of benzene rings is 1. The van der Waals surface area contributed by atoms with Crippen molar-refractivity contribution >= 4 is 17.1 Å². The lowest BCUT2D eigenvalue weighted by atomic mass is 9.85. The standard InChI is InChI=1S/C10H13NO2.C6H3N3O7/c1-2-4-10-8(3-1)9-7-12-6-5-11(9)13-10;10-6-4(8(13)14)1-3(7(11)12)2-5(6)9(15)16/h5-8,10H,1-4H2;1-2,10H. The van der Waals surface area contributed by atoms with Gasteiger partial charge < -0.3 is 9.84 Å². The van der Waals surface area contributed by atoms with Crippen LogP contribution in [0, 0.1) is 36.3 Å². The van der Waals surface area contributed by atoms with Crippen molar-refractivity contribution in [1.29, 1.82) is 0 Å². The maximum Gasteiger partial charge on any atom is 0.324 e. The number of nitrogens with zero attached hydrogens (tertiary/aromatic N) is 4. The number of nitro groups is 3. The zero-order valence-electron chi connectivity index (χ0n) is 14.9. The van der Waals surface area contributed by atoms with Crippen LogP contribution < -0.4 is 0 Å². The van der Waals surface area contributed by atoms with Crippen LogP contribution in [0.2, 0.25) is 0 Å². The molecule has 13 nitrogen and oxygen atoms in total. The second-order valence-electron chi connectivity index (χ2n) is 6.43. The third kappa shape index (κ3) is 4.08. The van der Waals surface area contributed by atoms with Gasteiger partial charge in [0, 0.05) is 5.92 Å². The predicted octanol–water partition coefficient (Wildman–Crippen LogP) is 3.25. The van der Waals surface area contributed by atoms with Gasteiger partial charge in [-0.15, -0.1) is 0 Å². The van der Waals surface area contributed by atoms with E-state index >= 15 is 0 Å².